The van der Waals surface area contributed by atoms with Crippen molar-refractivity contribution in [3.05, 3.63) is 0 Å². The molecule has 15 heavy (non-hydrogen) atoms. The van der Waals surface area contributed by atoms with Crippen LogP contribution in [-0.2, 0) is 9.53 Å². The van der Waals surface area contributed by atoms with Crippen molar-refractivity contribution in [1.82, 2.24) is 4.90 Å². The lowest BCUT2D eigenvalue weighted by molar-refractivity contribution is -0.137. The molecular formula is C11H23NO3. The predicted molar refractivity (Wildman–Crippen MR) is 60.0 cm³/mol. The number of methoxy groups -OCH3 is 1. The Balaban J connectivity index is 3.78. The molecule has 0 fully saturated rings. The average molecular weight is 217 g/mol. The second kappa shape index (κ2) is 8.68. The molecule has 0 aliphatic rings. The van der Waals surface area contributed by atoms with Crippen LogP contribution in [0, 0.1) is 5.92 Å². The maximum Gasteiger partial charge on any atom is 0.304 e. The molecule has 0 saturated carbocycles. The second-order valence-corrected chi connectivity index (χ2v) is 4.18. The molecular weight excluding hydrogens is 194 g/mol. The molecule has 0 heterocycles. The lowest BCUT2D eigenvalue weighted by atomic mass is 10.2. The molecule has 1 N–H and O–H groups in total. The van der Waals surface area contributed by atoms with Crippen molar-refractivity contribution in [3.8, 4) is 0 Å². The lowest BCUT2D eigenvalue weighted by Crippen LogP contribution is -2.31. The number of ether oxygens (including phenoxy) is 1. The van der Waals surface area contributed by atoms with Gasteiger partial charge in [0, 0.05) is 33.4 Å². The van der Waals surface area contributed by atoms with Crippen LogP contribution in [0.25, 0.3) is 0 Å². The Morgan fingerprint density at radius 1 is 1.40 bits per heavy atom. The van der Waals surface area contributed by atoms with Crippen LogP contribution in [0.2, 0.25) is 0 Å². The topological polar surface area (TPSA) is 49.8 Å². The number of aliphatic carboxylic acids is 1. The molecule has 0 amide bonds. The molecule has 0 bridgehead atoms. The van der Waals surface area contributed by atoms with Crippen molar-refractivity contribution in [2.24, 2.45) is 5.92 Å². The highest BCUT2D eigenvalue weighted by Gasteiger charge is 2.08. The summed E-state index contributed by atoms with van der Waals surface area (Å²) in [4.78, 5) is 12.7. The lowest BCUT2D eigenvalue weighted by Gasteiger charge is -2.23. The van der Waals surface area contributed by atoms with Crippen LogP contribution in [0.5, 0.6) is 0 Å². The van der Waals surface area contributed by atoms with E-state index in [0.29, 0.717) is 12.5 Å². The van der Waals surface area contributed by atoms with E-state index < -0.39 is 5.97 Å². The molecule has 0 aliphatic heterocycles. The van der Waals surface area contributed by atoms with Gasteiger partial charge in [-0.05, 0) is 12.3 Å². The van der Waals surface area contributed by atoms with Gasteiger partial charge in [-0.3, -0.25) is 4.79 Å². The SMILES string of the molecule is COCCCN(CCC(=O)O)CC(C)C. The van der Waals surface area contributed by atoms with Crippen LogP contribution < -0.4 is 0 Å². The Morgan fingerprint density at radius 3 is 2.53 bits per heavy atom. The molecule has 0 spiro atoms. The number of carboxylic acid groups (broad SMARTS) is 1. The van der Waals surface area contributed by atoms with Crippen molar-refractivity contribution in [1.29, 1.82) is 0 Å². The van der Waals surface area contributed by atoms with Gasteiger partial charge in [-0.1, -0.05) is 13.8 Å². The molecule has 0 radical (unpaired) electrons. The van der Waals surface area contributed by atoms with Gasteiger partial charge in [0.1, 0.15) is 0 Å². The summed E-state index contributed by atoms with van der Waals surface area (Å²) >= 11 is 0. The number of hydrogen-bond donors (Lipinski definition) is 1. The van der Waals surface area contributed by atoms with Gasteiger partial charge in [-0.15, -0.1) is 0 Å². The Bertz CT molecular complexity index is 171. The first kappa shape index (κ1) is 14.4. The zero-order chi connectivity index (χ0) is 11.7. The zero-order valence-corrected chi connectivity index (χ0v) is 10.0. The van der Waals surface area contributed by atoms with E-state index in [1.807, 2.05) is 0 Å². The van der Waals surface area contributed by atoms with Crippen molar-refractivity contribution < 1.29 is 14.6 Å². The van der Waals surface area contributed by atoms with E-state index in [1.54, 1.807) is 7.11 Å². The van der Waals surface area contributed by atoms with E-state index >= 15 is 0 Å². The molecule has 4 heteroatoms. The second-order valence-electron chi connectivity index (χ2n) is 4.18. The largest absolute Gasteiger partial charge is 0.481 e. The maximum atomic E-state index is 10.5. The molecule has 90 valence electrons. The van der Waals surface area contributed by atoms with E-state index in [1.165, 1.54) is 0 Å². The van der Waals surface area contributed by atoms with E-state index in [0.717, 1.165) is 26.1 Å². The monoisotopic (exact) mass is 217 g/mol. The summed E-state index contributed by atoms with van der Waals surface area (Å²) < 4.78 is 4.98. The molecule has 0 aliphatic carbocycles. The van der Waals surface area contributed by atoms with Gasteiger partial charge in [0.05, 0.1) is 6.42 Å². The van der Waals surface area contributed by atoms with E-state index in [4.69, 9.17) is 9.84 Å². The Hall–Kier alpha value is -0.610. The zero-order valence-electron chi connectivity index (χ0n) is 10.0. The third kappa shape index (κ3) is 9.69. The summed E-state index contributed by atoms with van der Waals surface area (Å²) in [6.45, 7) is 7.53. The molecule has 0 aromatic rings. The maximum absolute atomic E-state index is 10.5. The van der Waals surface area contributed by atoms with Crippen LogP contribution in [0.15, 0.2) is 0 Å². The van der Waals surface area contributed by atoms with Crippen molar-refractivity contribution in [3.63, 3.8) is 0 Å². The predicted octanol–water partition coefficient (Wildman–Crippen LogP) is 1.46. The van der Waals surface area contributed by atoms with Crippen LogP contribution in [0.4, 0.5) is 0 Å². The van der Waals surface area contributed by atoms with Crippen LogP contribution in [-0.4, -0.2) is 49.3 Å². The fourth-order valence-corrected chi connectivity index (χ4v) is 1.50. The molecule has 0 atom stereocenters. The highest BCUT2D eigenvalue weighted by molar-refractivity contribution is 5.66. The number of carboxylic acids is 1. The van der Waals surface area contributed by atoms with Crippen molar-refractivity contribution in [2.75, 3.05) is 33.4 Å². The molecule has 0 aromatic carbocycles. The van der Waals surface area contributed by atoms with Gasteiger partial charge in [-0.25, -0.2) is 0 Å². The highest BCUT2D eigenvalue weighted by atomic mass is 16.5. The van der Waals surface area contributed by atoms with Gasteiger partial charge < -0.3 is 14.7 Å². The van der Waals surface area contributed by atoms with E-state index in [9.17, 15) is 4.79 Å². The molecule has 0 aromatic heterocycles. The first-order valence-electron chi connectivity index (χ1n) is 5.49. The smallest absolute Gasteiger partial charge is 0.304 e. The molecule has 0 saturated heterocycles. The summed E-state index contributed by atoms with van der Waals surface area (Å²) in [6, 6.07) is 0. The quantitative estimate of drug-likeness (QED) is 0.594. The van der Waals surface area contributed by atoms with Crippen molar-refractivity contribution in [2.45, 2.75) is 26.7 Å². The van der Waals surface area contributed by atoms with Crippen LogP contribution in [0.3, 0.4) is 0 Å². The number of rotatable bonds is 9. The van der Waals surface area contributed by atoms with Gasteiger partial charge >= 0.3 is 5.97 Å². The van der Waals surface area contributed by atoms with Gasteiger partial charge in [0.15, 0.2) is 0 Å². The van der Waals surface area contributed by atoms with E-state index in [2.05, 4.69) is 18.7 Å². The van der Waals surface area contributed by atoms with Gasteiger partial charge in [-0.2, -0.15) is 0 Å². The summed E-state index contributed by atoms with van der Waals surface area (Å²) in [5, 5.41) is 8.62. The summed E-state index contributed by atoms with van der Waals surface area (Å²) in [6.07, 6.45) is 1.18. The first-order chi connectivity index (χ1) is 7.06. The summed E-state index contributed by atoms with van der Waals surface area (Å²) in [5.41, 5.74) is 0. The van der Waals surface area contributed by atoms with Crippen LogP contribution >= 0.6 is 0 Å². The number of nitrogens with zero attached hydrogens (tertiary/aromatic N) is 1. The fourth-order valence-electron chi connectivity index (χ4n) is 1.50. The minimum absolute atomic E-state index is 0.222. The van der Waals surface area contributed by atoms with Gasteiger partial charge in [0.2, 0.25) is 0 Å². The third-order valence-electron chi connectivity index (χ3n) is 2.09. The van der Waals surface area contributed by atoms with E-state index in [-0.39, 0.29) is 6.42 Å². The minimum Gasteiger partial charge on any atom is -0.481 e. The summed E-state index contributed by atoms with van der Waals surface area (Å²) in [7, 11) is 1.68. The molecule has 0 unspecified atom stereocenters. The standard InChI is InChI=1S/C11H23NO3/c1-10(2)9-12(6-4-8-15-3)7-5-11(13)14/h10H,4-9H2,1-3H3,(H,13,14). The Labute approximate surface area is 92.2 Å². The third-order valence-corrected chi connectivity index (χ3v) is 2.09. The molecule has 0 rings (SSSR count). The number of hydrogen-bond acceptors (Lipinski definition) is 3. The normalized spacial score (nSPS) is 11.3. The first-order valence-corrected chi connectivity index (χ1v) is 5.49. The fraction of sp³-hybridized carbons (Fsp3) is 0.909. The Kier molecular flexibility index (Phi) is 8.33. The molecule has 4 nitrogen and oxygen atoms in total. The average Bonchev–Trinajstić information content (AvgIpc) is 2.13. The summed E-state index contributed by atoms with van der Waals surface area (Å²) in [5.74, 6) is -0.156. The highest BCUT2D eigenvalue weighted by Crippen LogP contribution is 2.01. The van der Waals surface area contributed by atoms with Crippen molar-refractivity contribution >= 4 is 5.97 Å². The van der Waals surface area contributed by atoms with Crippen LogP contribution in [0.1, 0.15) is 26.7 Å². The number of carbonyl (C=O) groups is 1. The minimum atomic E-state index is -0.726. The van der Waals surface area contributed by atoms with Gasteiger partial charge in [0.25, 0.3) is 0 Å². The Morgan fingerprint density at radius 2 is 2.07 bits per heavy atom.